The number of hydrogen-bond donors (Lipinski definition) is 1. The molecule has 2 unspecified atom stereocenters. The van der Waals surface area contributed by atoms with Crippen LogP contribution in [0.1, 0.15) is 49.6 Å². The molecule has 0 aromatic carbocycles. The molecule has 2 atom stereocenters. The first-order valence-corrected chi connectivity index (χ1v) is 11.2. The van der Waals surface area contributed by atoms with Crippen LogP contribution in [0.15, 0.2) is 28.9 Å². The SMILES string of the molecule is CC(C(=O)N1CCC2(CC1)CC2CNC(=O)c1cc2ccncc2o1)N1CCCC1. The third-order valence-electron chi connectivity index (χ3n) is 7.53. The van der Waals surface area contributed by atoms with E-state index in [4.69, 9.17) is 4.42 Å². The fourth-order valence-corrected chi connectivity index (χ4v) is 5.35. The van der Waals surface area contributed by atoms with E-state index in [1.807, 2.05) is 6.07 Å². The second-order valence-electron chi connectivity index (χ2n) is 9.24. The van der Waals surface area contributed by atoms with Crippen molar-refractivity contribution in [1.82, 2.24) is 20.1 Å². The minimum Gasteiger partial charge on any atom is -0.449 e. The van der Waals surface area contributed by atoms with Gasteiger partial charge in [-0.15, -0.1) is 0 Å². The van der Waals surface area contributed by atoms with Gasteiger partial charge in [0.2, 0.25) is 5.91 Å². The Hall–Kier alpha value is -2.41. The minimum atomic E-state index is -0.166. The number of nitrogens with zero attached hydrogens (tertiary/aromatic N) is 3. The standard InChI is InChI=1S/C23H30N4O3/c1-16(26-8-2-3-9-26)22(29)27-10-5-23(6-11-27)13-18(23)14-25-21(28)19-12-17-4-7-24-15-20(17)30-19/h4,7,12,15-16,18H,2-3,5-6,8-11,13-14H2,1H3,(H,25,28). The number of rotatable bonds is 5. The van der Waals surface area contributed by atoms with Gasteiger partial charge in [0.05, 0.1) is 12.2 Å². The van der Waals surface area contributed by atoms with E-state index in [9.17, 15) is 9.59 Å². The average Bonchev–Trinajstić information content (AvgIpc) is 3.16. The Morgan fingerprint density at radius 3 is 2.77 bits per heavy atom. The summed E-state index contributed by atoms with van der Waals surface area (Å²) >= 11 is 0. The van der Waals surface area contributed by atoms with Gasteiger partial charge >= 0.3 is 0 Å². The molecule has 7 heteroatoms. The Morgan fingerprint density at radius 2 is 2.03 bits per heavy atom. The van der Waals surface area contributed by atoms with Gasteiger partial charge in [-0.25, -0.2) is 0 Å². The van der Waals surface area contributed by atoms with Crippen LogP contribution < -0.4 is 5.32 Å². The molecule has 3 aliphatic rings. The van der Waals surface area contributed by atoms with Crippen LogP contribution in [0, 0.1) is 11.3 Å². The van der Waals surface area contributed by atoms with Crippen LogP contribution in [0.3, 0.4) is 0 Å². The van der Waals surface area contributed by atoms with Crippen LogP contribution in [0.5, 0.6) is 0 Å². The van der Waals surface area contributed by atoms with Crippen molar-refractivity contribution in [3.8, 4) is 0 Å². The summed E-state index contributed by atoms with van der Waals surface area (Å²) in [5.74, 6) is 0.960. The molecule has 3 fully saturated rings. The smallest absolute Gasteiger partial charge is 0.287 e. The van der Waals surface area contributed by atoms with Gasteiger partial charge in [0.25, 0.3) is 5.91 Å². The summed E-state index contributed by atoms with van der Waals surface area (Å²) in [5, 5.41) is 3.93. The third-order valence-corrected chi connectivity index (χ3v) is 7.53. The number of carbonyl (C=O) groups excluding carboxylic acids is 2. The van der Waals surface area contributed by atoms with E-state index in [1.165, 1.54) is 12.8 Å². The predicted molar refractivity (Wildman–Crippen MR) is 113 cm³/mol. The van der Waals surface area contributed by atoms with Crippen LogP contribution in [-0.2, 0) is 4.79 Å². The Balaban J connectivity index is 1.10. The molecule has 2 saturated heterocycles. The lowest BCUT2D eigenvalue weighted by Crippen LogP contribution is -2.49. The Labute approximate surface area is 176 Å². The largest absolute Gasteiger partial charge is 0.449 e. The van der Waals surface area contributed by atoms with Crippen LogP contribution in [0.4, 0.5) is 0 Å². The van der Waals surface area contributed by atoms with Gasteiger partial charge in [-0.3, -0.25) is 19.5 Å². The highest BCUT2D eigenvalue weighted by Crippen LogP contribution is 2.59. The molecular weight excluding hydrogens is 380 g/mol. The molecule has 2 aromatic heterocycles. The van der Waals surface area contributed by atoms with E-state index in [-0.39, 0.29) is 17.9 Å². The third kappa shape index (κ3) is 3.60. The average molecular weight is 411 g/mol. The van der Waals surface area contributed by atoms with Crippen molar-refractivity contribution in [3.05, 3.63) is 30.3 Å². The first kappa shape index (κ1) is 19.5. The summed E-state index contributed by atoms with van der Waals surface area (Å²) in [4.78, 5) is 33.7. The number of likely N-dealkylation sites (tertiary alicyclic amines) is 2. The van der Waals surface area contributed by atoms with Crippen molar-refractivity contribution in [1.29, 1.82) is 0 Å². The Morgan fingerprint density at radius 1 is 1.27 bits per heavy atom. The number of nitrogens with one attached hydrogen (secondary N) is 1. The molecule has 2 aromatic rings. The van der Waals surface area contributed by atoms with Gasteiger partial charge in [0.15, 0.2) is 11.3 Å². The van der Waals surface area contributed by atoms with Gasteiger partial charge in [-0.2, -0.15) is 0 Å². The maximum Gasteiger partial charge on any atom is 0.287 e. The second-order valence-corrected chi connectivity index (χ2v) is 9.24. The van der Waals surface area contributed by atoms with E-state index in [0.717, 1.165) is 50.8 Å². The van der Waals surface area contributed by atoms with Gasteiger partial charge in [0.1, 0.15) is 0 Å². The van der Waals surface area contributed by atoms with Crippen molar-refractivity contribution >= 4 is 22.8 Å². The summed E-state index contributed by atoms with van der Waals surface area (Å²) in [6, 6.07) is 3.61. The maximum atomic E-state index is 12.9. The normalized spacial score (nSPS) is 24.3. The lowest BCUT2D eigenvalue weighted by molar-refractivity contribution is -0.137. The quantitative estimate of drug-likeness (QED) is 0.820. The van der Waals surface area contributed by atoms with E-state index in [0.29, 0.717) is 29.2 Å². The molecule has 7 nitrogen and oxygen atoms in total. The maximum absolute atomic E-state index is 12.9. The van der Waals surface area contributed by atoms with Gasteiger partial charge in [0, 0.05) is 31.2 Å². The minimum absolute atomic E-state index is 0.00912. The van der Waals surface area contributed by atoms with Crippen LogP contribution in [-0.4, -0.2) is 65.4 Å². The number of amides is 2. The molecule has 1 saturated carbocycles. The Bertz CT molecular complexity index is 908. The van der Waals surface area contributed by atoms with E-state index >= 15 is 0 Å². The highest BCUT2D eigenvalue weighted by molar-refractivity contribution is 5.95. The number of hydrogen-bond acceptors (Lipinski definition) is 5. The first-order chi connectivity index (χ1) is 14.6. The molecule has 4 heterocycles. The number of pyridine rings is 1. The topological polar surface area (TPSA) is 78.7 Å². The number of carbonyl (C=O) groups is 2. The molecule has 160 valence electrons. The van der Waals surface area contributed by atoms with Crippen molar-refractivity contribution in [2.24, 2.45) is 11.3 Å². The molecule has 2 aliphatic heterocycles. The fourth-order valence-electron chi connectivity index (χ4n) is 5.35. The number of furan rings is 1. The molecular formula is C23H30N4O3. The zero-order chi connectivity index (χ0) is 20.7. The van der Waals surface area contributed by atoms with Crippen LogP contribution in [0.25, 0.3) is 11.0 Å². The summed E-state index contributed by atoms with van der Waals surface area (Å²) in [7, 11) is 0. The molecule has 1 spiro atoms. The zero-order valence-electron chi connectivity index (χ0n) is 17.6. The van der Waals surface area contributed by atoms with E-state index < -0.39 is 0 Å². The lowest BCUT2D eigenvalue weighted by Gasteiger charge is -2.36. The van der Waals surface area contributed by atoms with Crippen molar-refractivity contribution < 1.29 is 14.0 Å². The van der Waals surface area contributed by atoms with Crippen molar-refractivity contribution in [2.45, 2.75) is 45.1 Å². The number of aromatic nitrogens is 1. The molecule has 5 rings (SSSR count). The van der Waals surface area contributed by atoms with Crippen molar-refractivity contribution in [3.63, 3.8) is 0 Å². The molecule has 0 bridgehead atoms. The highest BCUT2D eigenvalue weighted by atomic mass is 16.3. The zero-order valence-corrected chi connectivity index (χ0v) is 17.6. The summed E-state index contributed by atoms with van der Waals surface area (Å²) in [6.45, 7) is 6.52. The first-order valence-electron chi connectivity index (χ1n) is 11.2. The van der Waals surface area contributed by atoms with Crippen LogP contribution >= 0.6 is 0 Å². The number of piperidine rings is 1. The van der Waals surface area contributed by atoms with Gasteiger partial charge in [-0.1, -0.05) is 0 Å². The molecule has 30 heavy (non-hydrogen) atoms. The van der Waals surface area contributed by atoms with E-state index in [2.05, 4.69) is 27.0 Å². The molecule has 1 N–H and O–H groups in total. The van der Waals surface area contributed by atoms with Crippen LogP contribution in [0.2, 0.25) is 0 Å². The molecule has 1 aliphatic carbocycles. The number of fused-ring (bicyclic) bond motifs is 1. The summed E-state index contributed by atoms with van der Waals surface area (Å²) in [5.41, 5.74) is 0.935. The summed E-state index contributed by atoms with van der Waals surface area (Å²) < 4.78 is 5.60. The fraction of sp³-hybridized carbons (Fsp3) is 0.609. The molecule has 2 amide bonds. The lowest BCUT2D eigenvalue weighted by atomic mass is 9.90. The van der Waals surface area contributed by atoms with Gasteiger partial charge in [-0.05, 0) is 75.6 Å². The second kappa shape index (κ2) is 7.69. The molecule has 0 radical (unpaired) electrons. The Kier molecular flexibility index (Phi) is 5.01. The monoisotopic (exact) mass is 410 g/mol. The van der Waals surface area contributed by atoms with E-state index in [1.54, 1.807) is 18.5 Å². The predicted octanol–water partition coefficient (Wildman–Crippen LogP) is 2.67. The highest BCUT2D eigenvalue weighted by Gasteiger charge is 2.55. The summed E-state index contributed by atoms with van der Waals surface area (Å²) in [6.07, 6.45) is 8.96. The van der Waals surface area contributed by atoms with Gasteiger partial charge < -0.3 is 14.6 Å². The van der Waals surface area contributed by atoms with Crippen molar-refractivity contribution in [2.75, 3.05) is 32.7 Å².